The lowest BCUT2D eigenvalue weighted by Gasteiger charge is -2.20. The normalized spacial score (nSPS) is 10.9. The zero-order valence-corrected chi connectivity index (χ0v) is 16.3. The second-order valence-corrected chi connectivity index (χ2v) is 6.89. The summed E-state index contributed by atoms with van der Waals surface area (Å²) in [7, 11) is 6.01. The molecule has 25 heavy (non-hydrogen) atoms. The second-order valence-electron chi connectivity index (χ2n) is 6.89. The highest BCUT2D eigenvalue weighted by Crippen LogP contribution is 2.21. The fraction of sp³-hybridized carbons (Fsp3) is 0.579. The Labute approximate surface area is 151 Å². The molecule has 0 atom stereocenters. The van der Waals surface area contributed by atoms with Crippen LogP contribution in [-0.2, 0) is 9.59 Å². The Kier molecular flexibility index (Phi) is 8.41. The van der Waals surface area contributed by atoms with Crippen LogP contribution in [0.1, 0.15) is 32.3 Å². The summed E-state index contributed by atoms with van der Waals surface area (Å²) in [6.07, 6.45) is 1.84. The maximum absolute atomic E-state index is 12.0. The molecule has 0 aliphatic heterocycles. The lowest BCUT2D eigenvalue weighted by Crippen LogP contribution is -2.36. The van der Waals surface area contributed by atoms with E-state index in [1.807, 2.05) is 38.1 Å². The number of hydrogen-bond donors (Lipinski definition) is 2. The minimum Gasteiger partial charge on any atom is -0.377 e. The van der Waals surface area contributed by atoms with Crippen LogP contribution in [0.15, 0.2) is 18.2 Å². The van der Waals surface area contributed by atoms with Crippen molar-refractivity contribution in [2.45, 2.75) is 39.7 Å². The number of aryl methyl sites for hydroxylation is 1. The molecule has 1 rings (SSSR count). The predicted molar refractivity (Wildman–Crippen MR) is 104 cm³/mol. The Balaban J connectivity index is 2.37. The minimum atomic E-state index is -0.628. The number of rotatable bonds is 8. The topological polar surface area (TPSA) is 64.7 Å². The van der Waals surface area contributed by atoms with E-state index in [0.29, 0.717) is 18.3 Å². The molecule has 0 aliphatic rings. The molecule has 1 aromatic rings. The zero-order valence-electron chi connectivity index (χ0n) is 16.3. The third-order valence-corrected chi connectivity index (χ3v) is 4.25. The van der Waals surface area contributed by atoms with Gasteiger partial charge in [0.2, 0.25) is 0 Å². The van der Waals surface area contributed by atoms with Gasteiger partial charge in [-0.15, -0.1) is 0 Å². The molecule has 6 nitrogen and oxygen atoms in total. The van der Waals surface area contributed by atoms with E-state index in [2.05, 4.69) is 36.4 Å². The van der Waals surface area contributed by atoms with E-state index in [1.54, 1.807) is 6.07 Å². The third kappa shape index (κ3) is 7.13. The number of hydrogen-bond acceptors (Lipinski definition) is 4. The fourth-order valence-corrected chi connectivity index (χ4v) is 2.45. The van der Waals surface area contributed by atoms with Crippen molar-refractivity contribution < 1.29 is 9.59 Å². The molecule has 2 amide bonds. The van der Waals surface area contributed by atoms with Gasteiger partial charge in [0.15, 0.2) is 0 Å². The SMILES string of the molecule is Cc1cc(NC(=O)C(=O)NCCCCN(C)C(C)C)ccc1N(C)C. The lowest BCUT2D eigenvalue weighted by molar-refractivity contribution is -0.136. The van der Waals surface area contributed by atoms with E-state index in [4.69, 9.17) is 0 Å². The summed E-state index contributed by atoms with van der Waals surface area (Å²) in [5.74, 6) is -1.22. The van der Waals surface area contributed by atoms with E-state index >= 15 is 0 Å². The van der Waals surface area contributed by atoms with Crippen molar-refractivity contribution in [3.05, 3.63) is 23.8 Å². The molecule has 0 fully saturated rings. The summed E-state index contributed by atoms with van der Waals surface area (Å²) in [6, 6.07) is 6.11. The molecule has 0 radical (unpaired) electrons. The number of carbonyl (C=O) groups excluding carboxylic acids is 2. The molecule has 0 unspecified atom stereocenters. The molecule has 0 saturated carbocycles. The van der Waals surface area contributed by atoms with Crippen LogP contribution >= 0.6 is 0 Å². The summed E-state index contributed by atoms with van der Waals surface area (Å²) in [6.45, 7) is 7.77. The smallest absolute Gasteiger partial charge is 0.313 e. The standard InChI is InChI=1S/C19H32N4O2/c1-14(2)23(6)12-8-7-11-20-18(24)19(25)21-16-9-10-17(22(4)5)15(3)13-16/h9-10,13-14H,7-8,11-12H2,1-6H3,(H,20,24)(H,21,25). The number of amides is 2. The average Bonchev–Trinajstić information content (AvgIpc) is 2.53. The van der Waals surface area contributed by atoms with Gasteiger partial charge in [0.1, 0.15) is 0 Å². The Morgan fingerprint density at radius 3 is 2.32 bits per heavy atom. The Morgan fingerprint density at radius 1 is 1.08 bits per heavy atom. The molecule has 0 saturated heterocycles. The Hall–Kier alpha value is -2.08. The summed E-state index contributed by atoms with van der Waals surface area (Å²) >= 11 is 0. The van der Waals surface area contributed by atoms with E-state index < -0.39 is 11.8 Å². The van der Waals surface area contributed by atoms with Crippen LogP contribution in [0, 0.1) is 6.92 Å². The van der Waals surface area contributed by atoms with Gasteiger partial charge in [0.25, 0.3) is 0 Å². The van der Waals surface area contributed by atoms with E-state index in [-0.39, 0.29) is 0 Å². The number of benzene rings is 1. The van der Waals surface area contributed by atoms with Gasteiger partial charge < -0.3 is 20.4 Å². The van der Waals surface area contributed by atoms with Gasteiger partial charge in [-0.2, -0.15) is 0 Å². The first-order valence-electron chi connectivity index (χ1n) is 8.79. The predicted octanol–water partition coefficient (Wildman–Crippen LogP) is 2.24. The summed E-state index contributed by atoms with van der Waals surface area (Å²) in [4.78, 5) is 28.1. The first-order chi connectivity index (χ1) is 11.7. The molecule has 6 heteroatoms. The molecule has 0 aliphatic carbocycles. The third-order valence-electron chi connectivity index (χ3n) is 4.25. The van der Waals surface area contributed by atoms with Gasteiger partial charge in [-0.1, -0.05) is 0 Å². The van der Waals surface area contributed by atoms with E-state index in [0.717, 1.165) is 30.6 Å². The highest BCUT2D eigenvalue weighted by molar-refractivity contribution is 6.39. The van der Waals surface area contributed by atoms with Crippen molar-refractivity contribution in [2.24, 2.45) is 0 Å². The highest BCUT2D eigenvalue weighted by atomic mass is 16.2. The maximum Gasteiger partial charge on any atom is 0.313 e. The maximum atomic E-state index is 12.0. The van der Waals surface area contributed by atoms with Crippen LogP contribution in [-0.4, -0.2) is 57.0 Å². The molecule has 140 valence electrons. The number of unbranched alkanes of at least 4 members (excludes halogenated alkanes) is 1. The lowest BCUT2D eigenvalue weighted by atomic mass is 10.1. The number of anilines is 2. The second kappa shape index (κ2) is 10.0. The zero-order chi connectivity index (χ0) is 19.0. The van der Waals surface area contributed by atoms with Crippen LogP contribution in [0.5, 0.6) is 0 Å². The molecular weight excluding hydrogens is 316 g/mol. The Bertz CT molecular complexity index is 585. The largest absolute Gasteiger partial charge is 0.377 e. The molecule has 0 spiro atoms. The first kappa shape index (κ1) is 21.0. The molecular formula is C19H32N4O2. The van der Waals surface area contributed by atoms with E-state index in [9.17, 15) is 9.59 Å². The molecule has 0 aromatic heterocycles. The van der Waals surface area contributed by atoms with Crippen LogP contribution in [0.4, 0.5) is 11.4 Å². The van der Waals surface area contributed by atoms with Crippen molar-refractivity contribution in [3.8, 4) is 0 Å². The van der Waals surface area contributed by atoms with Gasteiger partial charge >= 0.3 is 11.8 Å². The van der Waals surface area contributed by atoms with Crippen LogP contribution in [0.3, 0.4) is 0 Å². The van der Waals surface area contributed by atoms with Crippen LogP contribution < -0.4 is 15.5 Å². The number of nitrogens with one attached hydrogen (secondary N) is 2. The van der Waals surface area contributed by atoms with Crippen LogP contribution in [0.25, 0.3) is 0 Å². The molecule has 2 N–H and O–H groups in total. The molecule has 0 bridgehead atoms. The summed E-state index contributed by atoms with van der Waals surface area (Å²) in [5, 5.41) is 5.32. The monoisotopic (exact) mass is 348 g/mol. The van der Waals surface area contributed by atoms with Gasteiger partial charge in [-0.3, -0.25) is 9.59 Å². The van der Waals surface area contributed by atoms with Crippen LogP contribution in [0.2, 0.25) is 0 Å². The summed E-state index contributed by atoms with van der Waals surface area (Å²) in [5.41, 5.74) is 2.74. The van der Waals surface area contributed by atoms with Gasteiger partial charge in [0, 0.05) is 38.1 Å². The average molecular weight is 348 g/mol. The van der Waals surface area contributed by atoms with Crippen molar-refractivity contribution in [1.29, 1.82) is 0 Å². The van der Waals surface area contributed by atoms with Gasteiger partial charge in [0.05, 0.1) is 0 Å². The van der Waals surface area contributed by atoms with Gasteiger partial charge in [-0.05, 0) is 71.0 Å². The minimum absolute atomic E-state index is 0.511. The summed E-state index contributed by atoms with van der Waals surface area (Å²) < 4.78 is 0. The van der Waals surface area contributed by atoms with Crippen molar-refractivity contribution in [3.63, 3.8) is 0 Å². The molecule has 1 aromatic carbocycles. The quantitative estimate of drug-likeness (QED) is 0.559. The molecule has 0 heterocycles. The fourth-order valence-electron chi connectivity index (χ4n) is 2.45. The van der Waals surface area contributed by atoms with Gasteiger partial charge in [-0.25, -0.2) is 0 Å². The van der Waals surface area contributed by atoms with E-state index in [1.165, 1.54) is 0 Å². The number of carbonyl (C=O) groups is 2. The number of nitrogens with zero attached hydrogens (tertiary/aromatic N) is 2. The Morgan fingerprint density at radius 2 is 1.76 bits per heavy atom. The van der Waals surface area contributed by atoms with Crippen molar-refractivity contribution >= 4 is 23.2 Å². The first-order valence-corrected chi connectivity index (χ1v) is 8.79. The highest BCUT2D eigenvalue weighted by Gasteiger charge is 2.13. The van der Waals surface area contributed by atoms with Crippen molar-refractivity contribution in [2.75, 3.05) is 44.4 Å². The van der Waals surface area contributed by atoms with Crippen molar-refractivity contribution in [1.82, 2.24) is 10.2 Å².